The van der Waals surface area contributed by atoms with Gasteiger partial charge in [-0.3, -0.25) is 0 Å². The fourth-order valence-electron chi connectivity index (χ4n) is 1.23. The van der Waals surface area contributed by atoms with Crippen molar-refractivity contribution in [1.29, 1.82) is 0 Å². The van der Waals surface area contributed by atoms with Gasteiger partial charge in [0.05, 0.1) is 6.61 Å². The van der Waals surface area contributed by atoms with Crippen LogP contribution in [0.25, 0.3) is 0 Å². The second-order valence-corrected chi connectivity index (χ2v) is 3.35. The molecule has 0 aliphatic heterocycles. The van der Waals surface area contributed by atoms with Crippen molar-refractivity contribution >= 4 is 5.97 Å². The lowest BCUT2D eigenvalue weighted by Gasteiger charge is -2.19. The standard InChI is InChI=1S/C11H11F3O2/c1-3-16-10(15)11(2,14)8-6-7(12)4-5-9(8)13/h4-6H,3H2,1-2H3. The van der Waals surface area contributed by atoms with Crippen LogP contribution in [-0.4, -0.2) is 12.6 Å². The van der Waals surface area contributed by atoms with Crippen LogP contribution in [0.2, 0.25) is 0 Å². The lowest BCUT2D eigenvalue weighted by atomic mass is 9.97. The van der Waals surface area contributed by atoms with Crippen molar-refractivity contribution < 1.29 is 22.7 Å². The molecule has 5 heteroatoms. The summed E-state index contributed by atoms with van der Waals surface area (Å²) in [4.78, 5) is 11.2. The SMILES string of the molecule is CCOC(=O)C(C)(F)c1cc(F)ccc1F. The van der Waals surface area contributed by atoms with E-state index in [1.807, 2.05) is 0 Å². The Kier molecular flexibility index (Phi) is 3.57. The summed E-state index contributed by atoms with van der Waals surface area (Å²) in [5.74, 6) is -3.04. The van der Waals surface area contributed by atoms with Crippen LogP contribution in [-0.2, 0) is 15.2 Å². The first kappa shape index (κ1) is 12.5. The molecule has 88 valence electrons. The first-order chi connectivity index (χ1) is 7.39. The van der Waals surface area contributed by atoms with Gasteiger partial charge in [-0.15, -0.1) is 0 Å². The number of hydrogen-bond donors (Lipinski definition) is 0. The van der Waals surface area contributed by atoms with Crippen molar-refractivity contribution in [3.63, 3.8) is 0 Å². The van der Waals surface area contributed by atoms with Crippen LogP contribution in [0, 0.1) is 11.6 Å². The Hall–Kier alpha value is -1.52. The molecule has 1 unspecified atom stereocenters. The monoisotopic (exact) mass is 232 g/mol. The quantitative estimate of drug-likeness (QED) is 0.749. The van der Waals surface area contributed by atoms with Gasteiger partial charge in [0, 0.05) is 5.56 Å². The Morgan fingerprint density at radius 1 is 1.44 bits per heavy atom. The highest BCUT2D eigenvalue weighted by molar-refractivity contribution is 5.80. The molecule has 1 aromatic rings. The van der Waals surface area contributed by atoms with Crippen LogP contribution in [0.15, 0.2) is 18.2 Å². The molecule has 0 saturated heterocycles. The summed E-state index contributed by atoms with van der Waals surface area (Å²) < 4.78 is 44.5. The first-order valence-corrected chi connectivity index (χ1v) is 4.71. The smallest absolute Gasteiger partial charge is 0.348 e. The molecule has 0 aliphatic carbocycles. The van der Waals surface area contributed by atoms with Gasteiger partial charge in [0.1, 0.15) is 11.6 Å². The number of rotatable bonds is 3. The van der Waals surface area contributed by atoms with Gasteiger partial charge in [0.15, 0.2) is 0 Å². The second kappa shape index (κ2) is 4.55. The average Bonchev–Trinajstić information content (AvgIpc) is 2.22. The number of hydrogen-bond acceptors (Lipinski definition) is 2. The zero-order valence-corrected chi connectivity index (χ0v) is 8.89. The Labute approximate surface area is 91.0 Å². The first-order valence-electron chi connectivity index (χ1n) is 4.71. The highest BCUT2D eigenvalue weighted by Gasteiger charge is 2.39. The van der Waals surface area contributed by atoms with Gasteiger partial charge in [-0.2, -0.15) is 0 Å². The van der Waals surface area contributed by atoms with Crippen LogP contribution in [0.4, 0.5) is 13.2 Å². The predicted octanol–water partition coefficient (Wildman–Crippen LogP) is 2.71. The number of alkyl halides is 1. The number of carbonyl (C=O) groups excluding carboxylic acids is 1. The number of benzene rings is 1. The summed E-state index contributed by atoms with van der Waals surface area (Å²) in [6, 6.07) is 2.26. The molecular weight excluding hydrogens is 221 g/mol. The lowest BCUT2D eigenvalue weighted by molar-refractivity contribution is -0.157. The minimum absolute atomic E-state index is 0.0325. The maximum absolute atomic E-state index is 14.0. The van der Waals surface area contributed by atoms with E-state index in [0.717, 1.165) is 19.1 Å². The van der Waals surface area contributed by atoms with Crippen molar-refractivity contribution in [2.75, 3.05) is 6.61 Å². The lowest BCUT2D eigenvalue weighted by Crippen LogP contribution is -2.30. The molecule has 1 rings (SSSR count). The van der Waals surface area contributed by atoms with E-state index in [0.29, 0.717) is 6.07 Å². The van der Waals surface area contributed by atoms with E-state index in [4.69, 9.17) is 0 Å². The third-order valence-electron chi connectivity index (χ3n) is 2.09. The highest BCUT2D eigenvalue weighted by Crippen LogP contribution is 2.29. The third-order valence-corrected chi connectivity index (χ3v) is 2.09. The normalized spacial score (nSPS) is 14.3. The molecule has 0 saturated carbocycles. The van der Waals surface area contributed by atoms with Crippen molar-refractivity contribution in [2.24, 2.45) is 0 Å². The molecule has 0 fully saturated rings. The van der Waals surface area contributed by atoms with Gasteiger partial charge in [-0.25, -0.2) is 18.0 Å². The van der Waals surface area contributed by atoms with Gasteiger partial charge in [-0.05, 0) is 32.0 Å². The molecule has 0 bridgehead atoms. The Morgan fingerprint density at radius 2 is 2.06 bits per heavy atom. The maximum atomic E-state index is 14.0. The summed E-state index contributed by atoms with van der Waals surface area (Å²) in [5.41, 5.74) is -3.35. The van der Waals surface area contributed by atoms with Gasteiger partial charge < -0.3 is 4.74 Å². The van der Waals surface area contributed by atoms with E-state index >= 15 is 0 Å². The largest absolute Gasteiger partial charge is 0.463 e. The van der Waals surface area contributed by atoms with E-state index < -0.39 is 28.8 Å². The van der Waals surface area contributed by atoms with Crippen molar-refractivity contribution in [3.05, 3.63) is 35.4 Å². The van der Waals surface area contributed by atoms with E-state index in [2.05, 4.69) is 4.74 Å². The second-order valence-electron chi connectivity index (χ2n) is 3.35. The number of ether oxygens (including phenoxy) is 1. The zero-order chi connectivity index (χ0) is 12.3. The summed E-state index contributed by atoms with van der Waals surface area (Å²) in [6.45, 7) is 2.30. The third kappa shape index (κ3) is 2.35. The summed E-state index contributed by atoms with van der Waals surface area (Å²) in [7, 11) is 0. The molecule has 0 spiro atoms. The van der Waals surface area contributed by atoms with Gasteiger partial charge >= 0.3 is 5.97 Å². The van der Waals surface area contributed by atoms with Crippen molar-refractivity contribution in [2.45, 2.75) is 19.5 Å². The minimum Gasteiger partial charge on any atom is -0.463 e. The fraction of sp³-hybridized carbons (Fsp3) is 0.364. The van der Waals surface area contributed by atoms with Crippen LogP contribution in [0.5, 0.6) is 0 Å². The Morgan fingerprint density at radius 3 is 2.62 bits per heavy atom. The fourth-order valence-corrected chi connectivity index (χ4v) is 1.23. The van der Waals surface area contributed by atoms with Gasteiger partial charge in [-0.1, -0.05) is 0 Å². The molecule has 0 N–H and O–H groups in total. The topological polar surface area (TPSA) is 26.3 Å². The Bertz CT molecular complexity index is 402. The van der Waals surface area contributed by atoms with E-state index in [9.17, 15) is 18.0 Å². The molecule has 1 atom stereocenters. The summed E-state index contributed by atoms with van der Waals surface area (Å²) in [5, 5.41) is 0. The van der Waals surface area contributed by atoms with Crippen LogP contribution >= 0.6 is 0 Å². The van der Waals surface area contributed by atoms with Crippen LogP contribution < -0.4 is 0 Å². The van der Waals surface area contributed by atoms with Gasteiger partial charge in [0.2, 0.25) is 5.67 Å². The zero-order valence-electron chi connectivity index (χ0n) is 8.89. The molecule has 2 nitrogen and oxygen atoms in total. The van der Waals surface area contributed by atoms with Crippen molar-refractivity contribution in [1.82, 2.24) is 0 Å². The highest BCUT2D eigenvalue weighted by atomic mass is 19.2. The minimum atomic E-state index is -2.69. The molecular formula is C11H11F3O2. The molecule has 0 aromatic heterocycles. The van der Waals surface area contributed by atoms with E-state index in [1.165, 1.54) is 6.92 Å². The molecule has 16 heavy (non-hydrogen) atoms. The number of carbonyl (C=O) groups is 1. The van der Waals surface area contributed by atoms with Gasteiger partial charge in [0.25, 0.3) is 0 Å². The molecule has 0 aliphatic rings. The number of esters is 1. The predicted molar refractivity (Wildman–Crippen MR) is 51.5 cm³/mol. The maximum Gasteiger partial charge on any atom is 0.348 e. The Balaban J connectivity index is 3.15. The van der Waals surface area contributed by atoms with Crippen LogP contribution in [0.3, 0.4) is 0 Å². The van der Waals surface area contributed by atoms with E-state index in [1.54, 1.807) is 0 Å². The average molecular weight is 232 g/mol. The van der Waals surface area contributed by atoms with E-state index in [-0.39, 0.29) is 6.61 Å². The number of halogens is 3. The summed E-state index contributed by atoms with van der Waals surface area (Å²) >= 11 is 0. The van der Waals surface area contributed by atoms with Crippen LogP contribution in [0.1, 0.15) is 19.4 Å². The molecule has 0 radical (unpaired) electrons. The molecule has 0 heterocycles. The summed E-state index contributed by atoms with van der Waals surface area (Å²) in [6.07, 6.45) is 0. The molecule has 0 amide bonds. The van der Waals surface area contributed by atoms with Crippen molar-refractivity contribution in [3.8, 4) is 0 Å². The molecule has 1 aromatic carbocycles.